The fourth-order valence-electron chi connectivity index (χ4n) is 4.18. The van der Waals surface area contributed by atoms with Gasteiger partial charge in [-0.3, -0.25) is 8.98 Å². The molecule has 0 spiro atoms. The first kappa shape index (κ1) is 23.1. The first-order valence-electron chi connectivity index (χ1n) is 11.0. The average Bonchev–Trinajstić information content (AvgIpc) is 3.53. The standard InChI is InChI=1S/C25H24N2O7S/c1-31-19-6-4-3-5-18(19)23(34-35(2,29)30)16-7-10-22(26-14-16)27-24(28)25(11-12-25)17-8-9-20-21(13-17)33-15-32-20/h3-10,13-14,23H,11-12,15H2,1-2H3,(H,26,27,28). The molecular formula is C25H24N2O7S. The minimum Gasteiger partial charge on any atom is -0.496 e. The van der Waals surface area contributed by atoms with E-state index >= 15 is 0 Å². The van der Waals surface area contributed by atoms with Crippen molar-refractivity contribution < 1.29 is 31.6 Å². The monoisotopic (exact) mass is 496 g/mol. The fourth-order valence-corrected chi connectivity index (χ4v) is 4.75. The zero-order chi connectivity index (χ0) is 24.6. The quantitative estimate of drug-likeness (QED) is 0.471. The van der Waals surface area contributed by atoms with Crippen LogP contribution in [0.5, 0.6) is 17.2 Å². The lowest BCUT2D eigenvalue weighted by Gasteiger charge is -2.20. The highest BCUT2D eigenvalue weighted by Crippen LogP contribution is 2.51. The lowest BCUT2D eigenvalue weighted by atomic mass is 9.94. The van der Waals surface area contributed by atoms with Gasteiger partial charge in [-0.25, -0.2) is 4.98 Å². The number of benzene rings is 2. The summed E-state index contributed by atoms with van der Waals surface area (Å²) in [6, 6.07) is 15.9. The lowest BCUT2D eigenvalue weighted by Crippen LogP contribution is -2.28. The van der Waals surface area contributed by atoms with Crippen molar-refractivity contribution in [1.29, 1.82) is 0 Å². The highest BCUT2D eigenvalue weighted by Gasteiger charge is 2.51. The van der Waals surface area contributed by atoms with E-state index in [0.717, 1.165) is 11.8 Å². The van der Waals surface area contributed by atoms with E-state index in [1.54, 1.807) is 36.4 Å². The van der Waals surface area contributed by atoms with E-state index in [0.29, 0.717) is 47.0 Å². The van der Waals surface area contributed by atoms with Gasteiger partial charge in [0.05, 0.1) is 18.8 Å². The molecule has 1 aromatic heterocycles. The maximum absolute atomic E-state index is 13.2. The van der Waals surface area contributed by atoms with Gasteiger partial charge in [0.2, 0.25) is 12.7 Å². The van der Waals surface area contributed by atoms with Crippen molar-refractivity contribution in [3.8, 4) is 17.2 Å². The average molecular weight is 497 g/mol. The van der Waals surface area contributed by atoms with Crippen molar-refractivity contribution in [2.75, 3.05) is 25.5 Å². The number of amides is 1. The molecule has 9 nitrogen and oxygen atoms in total. The number of aromatic nitrogens is 1. The van der Waals surface area contributed by atoms with Crippen LogP contribution in [0, 0.1) is 0 Å². The second kappa shape index (κ2) is 8.86. The summed E-state index contributed by atoms with van der Waals surface area (Å²) in [6.07, 6.45) is 2.95. The summed E-state index contributed by atoms with van der Waals surface area (Å²) in [5, 5.41) is 2.88. The number of hydrogen-bond acceptors (Lipinski definition) is 8. The molecule has 10 heteroatoms. The summed E-state index contributed by atoms with van der Waals surface area (Å²) in [5.41, 5.74) is 1.27. The van der Waals surface area contributed by atoms with Crippen LogP contribution >= 0.6 is 0 Å². The Labute approximate surface area is 203 Å². The number of ether oxygens (including phenoxy) is 3. The molecule has 182 valence electrons. The van der Waals surface area contributed by atoms with E-state index in [2.05, 4.69) is 10.3 Å². The first-order chi connectivity index (χ1) is 16.8. The highest BCUT2D eigenvalue weighted by atomic mass is 32.2. The molecule has 2 aromatic carbocycles. The molecule has 0 saturated heterocycles. The molecule has 1 saturated carbocycles. The van der Waals surface area contributed by atoms with Crippen molar-refractivity contribution in [3.63, 3.8) is 0 Å². The predicted molar refractivity (Wildman–Crippen MR) is 127 cm³/mol. The number of pyridine rings is 1. The number of carbonyl (C=O) groups excluding carboxylic acids is 1. The molecule has 1 atom stereocenters. The molecular weight excluding hydrogens is 472 g/mol. The number of para-hydroxylation sites is 1. The third-order valence-corrected chi connectivity index (χ3v) is 6.67. The maximum Gasteiger partial charge on any atom is 0.265 e. The first-order valence-corrected chi connectivity index (χ1v) is 12.8. The van der Waals surface area contributed by atoms with Crippen LogP contribution in [0.2, 0.25) is 0 Å². The number of anilines is 1. The van der Waals surface area contributed by atoms with Crippen LogP contribution in [0.25, 0.3) is 0 Å². The van der Waals surface area contributed by atoms with Crippen molar-refractivity contribution in [2.45, 2.75) is 24.4 Å². The van der Waals surface area contributed by atoms with Gasteiger partial charge in [0.1, 0.15) is 17.7 Å². The minimum absolute atomic E-state index is 0.162. The maximum atomic E-state index is 13.2. The topological polar surface area (TPSA) is 113 Å². The zero-order valence-electron chi connectivity index (χ0n) is 19.2. The highest BCUT2D eigenvalue weighted by molar-refractivity contribution is 7.86. The van der Waals surface area contributed by atoms with E-state index in [1.807, 2.05) is 18.2 Å². The number of nitrogens with zero attached hydrogens (tertiary/aromatic N) is 1. The van der Waals surface area contributed by atoms with E-state index in [-0.39, 0.29) is 12.7 Å². The number of fused-ring (bicyclic) bond motifs is 1. The molecule has 1 amide bonds. The van der Waals surface area contributed by atoms with Crippen LogP contribution in [0.1, 0.15) is 35.6 Å². The van der Waals surface area contributed by atoms with Gasteiger partial charge < -0.3 is 19.5 Å². The van der Waals surface area contributed by atoms with Crippen molar-refractivity contribution >= 4 is 21.8 Å². The molecule has 1 unspecified atom stereocenters. The largest absolute Gasteiger partial charge is 0.496 e. The molecule has 1 N–H and O–H groups in total. The Morgan fingerprint density at radius 3 is 2.54 bits per heavy atom. The molecule has 1 aliphatic carbocycles. The lowest BCUT2D eigenvalue weighted by molar-refractivity contribution is -0.118. The third kappa shape index (κ3) is 4.67. The van der Waals surface area contributed by atoms with Gasteiger partial charge in [-0.2, -0.15) is 8.42 Å². The number of hydrogen-bond donors (Lipinski definition) is 1. The van der Waals surface area contributed by atoms with Gasteiger partial charge >= 0.3 is 0 Å². The summed E-state index contributed by atoms with van der Waals surface area (Å²) in [6.45, 7) is 0.174. The molecule has 35 heavy (non-hydrogen) atoms. The number of rotatable bonds is 8. The zero-order valence-corrected chi connectivity index (χ0v) is 20.0. The summed E-state index contributed by atoms with van der Waals surface area (Å²) in [7, 11) is -2.29. The van der Waals surface area contributed by atoms with Crippen LogP contribution in [0.4, 0.5) is 5.82 Å². The van der Waals surface area contributed by atoms with Crippen molar-refractivity contribution in [1.82, 2.24) is 4.98 Å². The van der Waals surface area contributed by atoms with E-state index in [4.69, 9.17) is 18.4 Å². The van der Waals surface area contributed by atoms with Gasteiger partial charge in [-0.05, 0) is 42.7 Å². The van der Waals surface area contributed by atoms with Gasteiger partial charge in [-0.15, -0.1) is 0 Å². The Morgan fingerprint density at radius 1 is 1.09 bits per heavy atom. The van der Waals surface area contributed by atoms with Crippen LogP contribution in [0.15, 0.2) is 60.8 Å². The Bertz CT molecular complexity index is 1370. The summed E-state index contributed by atoms with van der Waals surface area (Å²) >= 11 is 0. The third-order valence-electron chi connectivity index (χ3n) is 6.13. The van der Waals surface area contributed by atoms with E-state index in [9.17, 15) is 13.2 Å². The minimum atomic E-state index is -3.79. The van der Waals surface area contributed by atoms with Crippen LogP contribution in [0.3, 0.4) is 0 Å². The van der Waals surface area contributed by atoms with E-state index in [1.165, 1.54) is 13.3 Å². The fraction of sp³-hybridized carbons (Fsp3) is 0.280. The predicted octanol–water partition coefficient (Wildman–Crippen LogP) is 3.55. The molecule has 2 heterocycles. The van der Waals surface area contributed by atoms with Crippen LogP contribution in [-0.2, 0) is 24.5 Å². The number of nitrogens with one attached hydrogen (secondary N) is 1. The van der Waals surface area contributed by atoms with E-state index < -0.39 is 21.6 Å². The molecule has 5 rings (SSSR count). The SMILES string of the molecule is COc1ccccc1C(OS(C)(=O)=O)c1ccc(NC(=O)C2(c3ccc4c(c3)OCO4)CC2)nc1. The number of carbonyl (C=O) groups is 1. The molecule has 0 bridgehead atoms. The number of methoxy groups -OCH3 is 1. The Kier molecular flexibility index (Phi) is 5.86. The molecule has 3 aromatic rings. The van der Waals surface area contributed by atoms with Crippen molar-refractivity contribution in [2.24, 2.45) is 0 Å². The Hall–Kier alpha value is -3.63. The van der Waals surface area contributed by atoms with Gasteiger partial charge in [0, 0.05) is 17.3 Å². The molecule has 1 fully saturated rings. The summed E-state index contributed by atoms with van der Waals surface area (Å²) in [4.78, 5) is 17.5. The molecule has 2 aliphatic rings. The molecule has 0 radical (unpaired) electrons. The normalized spacial score (nSPS) is 16.4. The summed E-state index contributed by atoms with van der Waals surface area (Å²) < 4.78 is 45.5. The molecule has 1 aliphatic heterocycles. The van der Waals surface area contributed by atoms with Gasteiger partial charge in [0.25, 0.3) is 10.1 Å². The smallest absolute Gasteiger partial charge is 0.265 e. The van der Waals surface area contributed by atoms with Crippen LogP contribution in [-0.4, -0.2) is 39.5 Å². The van der Waals surface area contributed by atoms with Gasteiger partial charge in [0.15, 0.2) is 11.5 Å². The van der Waals surface area contributed by atoms with Gasteiger partial charge in [-0.1, -0.05) is 30.3 Å². The van der Waals surface area contributed by atoms with Crippen molar-refractivity contribution in [3.05, 3.63) is 77.5 Å². The Balaban J connectivity index is 1.37. The second-order valence-electron chi connectivity index (χ2n) is 8.50. The summed E-state index contributed by atoms with van der Waals surface area (Å²) in [5.74, 6) is 1.98. The second-order valence-corrected chi connectivity index (χ2v) is 10.1. The Morgan fingerprint density at radius 2 is 1.86 bits per heavy atom. The van der Waals surface area contributed by atoms with Crippen LogP contribution < -0.4 is 19.5 Å².